The van der Waals surface area contributed by atoms with E-state index in [1.807, 2.05) is 13.0 Å². The van der Waals surface area contributed by atoms with Crippen LogP contribution in [0.2, 0.25) is 0 Å². The quantitative estimate of drug-likeness (QED) is 0.766. The summed E-state index contributed by atoms with van der Waals surface area (Å²) < 4.78 is 1.76. The largest absolute Gasteiger partial charge is 0.508 e. The standard InChI is InChI=1S/C19H26N4O3/c1-2-22-13-15(11-20-22)21-19(26)23(16-6-8-17(24)9-7-16)12-14-4-3-5-18(25)10-14/h3-5,10-11,13,16-17,24-25H,2,6-9,12H2,1H3,(H,21,26). The van der Waals surface area contributed by atoms with E-state index in [0.29, 0.717) is 25.1 Å². The van der Waals surface area contributed by atoms with Crippen molar-refractivity contribution in [1.82, 2.24) is 14.7 Å². The van der Waals surface area contributed by atoms with Gasteiger partial charge in [-0.05, 0) is 50.3 Å². The minimum Gasteiger partial charge on any atom is -0.508 e. The third-order valence-corrected chi connectivity index (χ3v) is 4.84. The van der Waals surface area contributed by atoms with Gasteiger partial charge in [0.25, 0.3) is 0 Å². The van der Waals surface area contributed by atoms with Crippen LogP contribution < -0.4 is 5.32 Å². The van der Waals surface area contributed by atoms with Crippen LogP contribution in [0.4, 0.5) is 10.5 Å². The number of carbonyl (C=O) groups excluding carboxylic acids is 1. The number of benzene rings is 1. The molecule has 1 aliphatic carbocycles. The first-order valence-electron chi connectivity index (χ1n) is 9.11. The lowest BCUT2D eigenvalue weighted by Gasteiger charge is -2.35. The predicted molar refractivity (Wildman–Crippen MR) is 98.8 cm³/mol. The third kappa shape index (κ3) is 4.54. The minimum absolute atomic E-state index is 0.0574. The zero-order valence-corrected chi connectivity index (χ0v) is 15.0. The number of aliphatic hydroxyl groups excluding tert-OH is 1. The molecule has 0 radical (unpaired) electrons. The molecule has 0 saturated heterocycles. The molecular weight excluding hydrogens is 332 g/mol. The second-order valence-corrected chi connectivity index (χ2v) is 6.78. The zero-order valence-electron chi connectivity index (χ0n) is 15.0. The van der Waals surface area contributed by atoms with Crippen LogP contribution in [0.1, 0.15) is 38.2 Å². The molecule has 1 aliphatic rings. The molecule has 0 spiro atoms. The molecule has 0 aliphatic heterocycles. The number of amides is 2. The summed E-state index contributed by atoms with van der Waals surface area (Å²) in [5, 5.41) is 26.6. The van der Waals surface area contributed by atoms with Crippen LogP contribution in [0.25, 0.3) is 0 Å². The number of hydrogen-bond donors (Lipinski definition) is 3. The molecule has 3 N–H and O–H groups in total. The number of anilines is 1. The van der Waals surface area contributed by atoms with Gasteiger partial charge in [-0.25, -0.2) is 4.79 Å². The minimum atomic E-state index is -0.278. The van der Waals surface area contributed by atoms with E-state index >= 15 is 0 Å². The molecular formula is C19H26N4O3. The second kappa shape index (κ2) is 8.23. The number of rotatable bonds is 5. The number of aryl methyl sites for hydroxylation is 1. The Morgan fingerprint density at radius 2 is 2.12 bits per heavy atom. The summed E-state index contributed by atoms with van der Waals surface area (Å²) in [6.45, 7) is 3.13. The number of phenols is 1. The van der Waals surface area contributed by atoms with E-state index in [-0.39, 0.29) is 23.9 Å². The number of hydrogen-bond acceptors (Lipinski definition) is 4. The fourth-order valence-electron chi connectivity index (χ4n) is 3.38. The average molecular weight is 358 g/mol. The number of aliphatic hydroxyl groups is 1. The maximum Gasteiger partial charge on any atom is 0.322 e. The van der Waals surface area contributed by atoms with Gasteiger partial charge in [0.05, 0.1) is 18.0 Å². The van der Waals surface area contributed by atoms with Crippen molar-refractivity contribution < 1.29 is 15.0 Å². The molecule has 2 aromatic rings. The lowest BCUT2D eigenvalue weighted by atomic mass is 9.92. The van der Waals surface area contributed by atoms with Crippen LogP contribution >= 0.6 is 0 Å². The zero-order chi connectivity index (χ0) is 18.5. The summed E-state index contributed by atoms with van der Waals surface area (Å²) >= 11 is 0. The number of nitrogens with zero attached hydrogens (tertiary/aromatic N) is 3. The van der Waals surface area contributed by atoms with Gasteiger partial charge in [0.15, 0.2) is 0 Å². The molecule has 1 aromatic heterocycles. The first-order chi connectivity index (χ1) is 12.5. The molecule has 0 bridgehead atoms. The number of aromatic hydroxyl groups is 1. The van der Waals surface area contributed by atoms with Crippen molar-refractivity contribution in [1.29, 1.82) is 0 Å². The highest BCUT2D eigenvalue weighted by Crippen LogP contribution is 2.26. The Hall–Kier alpha value is -2.54. The molecule has 1 heterocycles. The average Bonchev–Trinajstić information content (AvgIpc) is 3.08. The Morgan fingerprint density at radius 3 is 2.77 bits per heavy atom. The molecule has 7 heteroatoms. The van der Waals surface area contributed by atoms with E-state index in [9.17, 15) is 15.0 Å². The van der Waals surface area contributed by atoms with E-state index in [0.717, 1.165) is 24.9 Å². The number of carbonyl (C=O) groups is 1. The smallest absolute Gasteiger partial charge is 0.322 e. The normalized spacial score (nSPS) is 19.9. The number of nitrogens with one attached hydrogen (secondary N) is 1. The number of phenolic OH excluding ortho intramolecular Hbond substituents is 1. The highest BCUT2D eigenvalue weighted by atomic mass is 16.3. The maximum atomic E-state index is 12.9. The van der Waals surface area contributed by atoms with Crippen LogP contribution in [0.15, 0.2) is 36.7 Å². The molecule has 0 unspecified atom stereocenters. The van der Waals surface area contributed by atoms with E-state index in [2.05, 4.69) is 10.4 Å². The highest BCUT2D eigenvalue weighted by molar-refractivity contribution is 5.89. The molecule has 1 saturated carbocycles. The molecule has 3 rings (SSSR count). The van der Waals surface area contributed by atoms with Crippen molar-refractivity contribution in [2.75, 3.05) is 5.32 Å². The van der Waals surface area contributed by atoms with Crippen molar-refractivity contribution in [3.63, 3.8) is 0 Å². The Kier molecular flexibility index (Phi) is 5.78. The fraction of sp³-hybridized carbons (Fsp3) is 0.474. The maximum absolute atomic E-state index is 12.9. The summed E-state index contributed by atoms with van der Waals surface area (Å²) in [7, 11) is 0. The summed E-state index contributed by atoms with van der Waals surface area (Å²) in [4.78, 5) is 14.7. The number of urea groups is 1. The van der Waals surface area contributed by atoms with Gasteiger partial charge in [0, 0.05) is 25.3 Å². The van der Waals surface area contributed by atoms with Gasteiger partial charge in [0.1, 0.15) is 5.75 Å². The van der Waals surface area contributed by atoms with Gasteiger partial charge < -0.3 is 20.4 Å². The molecule has 26 heavy (non-hydrogen) atoms. The van der Waals surface area contributed by atoms with Crippen molar-refractivity contribution in [3.05, 3.63) is 42.2 Å². The van der Waals surface area contributed by atoms with Gasteiger partial charge in [-0.1, -0.05) is 12.1 Å². The number of aromatic nitrogens is 2. The van der Waals surface area contributed by atoms with Crippen LogP contribution in [-0.2, 0) is 13.1 Å². The van der Waals surface area contributed by atoms with E-state index < -0.39 is 0 Å². The van der Waals surface area contributed by atoms with Crippen molar-refractivity contribution in [3.8, 4) is 5.75 Å². The SMILES string of the molecule is CCn1cc(NC(=O)N(Cc2cccc(O)c2)C2CCC(O)CC2)cn1. The van der Waals surface area contributed by atoms with E-state index in [4.69, 9.17) is 0 Å². The fourth-order valence-corrected chi connectivity index (χ4v) is 3.38. The van der Waals surface area contributed by atoms with E-state index in [1.165, 1.54) is 0 Å². The molecule has 1 fully saturated rings. The second-order valence-electron chi connectivity index (χ2n) is 6.78. The summed E-state index contributed by atoms with van der Waals surface area (Å²) in [6, 6.07) is 6.83. The van der Waals surface area contributed by atoms with Crippen LogP contribution in [-0.4, -0.2) is 43.1 Å². The van der Waals surface area contributed by atoms with Crippen molar-refractivity contribution in [2.45, 2.75) is 57.8 Å². The highest BCUT2D eigenvalue weighted by Gasteiger charge is 2.28. The van der Waals surface area contributed by atoms with Gasteiger partial charge in [-0.2, -0.15) is 5.10 Å². The van der Waals surface area contributed by atoms with Gasteiger partial charge in [-0.15, -0.1) is 0 Å². The molecule has 7 nitrogen and oxygen atoms in total. The molecule has 140 valence electrons. The summed E-state index contributed by atoms with van der Waals surface area (Å²) in [5.41, 5.74) is 1.53. The van der Waals surface area contributed by atoms with Gasteiger partial charge >= 0.3 is 6.03 Å². The lowest BCUT2D eigenvalue weighted by molar-refractivity contribution is 0.0849. The molecule has 2 amide bonds. The monoisotopic (exact) mass is 358 g/mol. The Balaban J connectivity index is 1.75. The Morgan fingerprint density at radius 1 is 1.35 bits per heavy atom. The van der Waals surface area contributed by atoms with Crippen molar-refractivity contribution >= 4 is 11.7 Å². The predicted octanol–water partition coefficient (Wildman–Crippen LogP) is 2.95. The van der Waals surface area contributed by atoms with Crippen LogP contribution in [0.5, 0.6) is 5.75 Å². The van der Waals surface area contributed by atoms with Crippen LogP contribution in [0, 0.1) is 0 Å². The Bertz CT molecular complexity index is 738. The molecule has 0 atom stereocenters. The topological polar surface area (TPSA) is 90.6 Å². The van der Waals surface area contributed by atoms with Gasteiger partial charge in [-0.3, -0.25) is 4.68 Å². The summed E-state index contributed by atoms with van der Waals surface area (Å²) in [6.07, 6.45) is 6.08. The summed E-state index contributed by atoms with van der Waals surface area (Å²) in [5.74, 6) is 0.186. The van der Waals surface area contributed by atoms with Gasteiger partial charge in [0.2, 0.25) is 0 Å². The van der Waals surface area contributed by atoms with Crippen LogP contribution in [0.3, 0.4) is 0 Å². The lowest BCUT2D eigenvalue weighted by Crippen LogP contribution is -2.44. The molecule has 1 aromatic carbocycles. The Labute approximate surface area is 153 Å². The van der Waals surface area contributed by atoms with Crippen molar-refractivity contribution in [2.24, 2.45) is 0 Å². The first-order valence-corrected chi connectivity index (χ1v) is 9.11. The van der Waals surface area contributed by atoms with E-state index in [1.54, 1.807) is 40.2 Å². The first kappa shape index (κ1) is 18.3. The third-order valence-electron chi connectivity index (χ3n) is 4.84.